The molecule has 0 spiro atoms. The third-order valence-corrected chi connectivity index (χ3v) is 4.79. The summed E-state index contributed by atoms with van der Waals surface area (Å²) >= 11 is 0. The molecule has 0 aliphatic carbocycles. The zero-order valence-electron chi connectivity index (χ0n) is 14.9. The molecule has 0 saturated carbocycles. The summed E-state index contributed by atoms with van der Waals surface area (Å²) in [7, 11) is 0. The Kier molecular flexibility index (Phi) is 3.65. The van der Waals surface area contributed by atoms with Crippen molar-refractivity contribution in [1.29, 1.82) is 0 Å². The highest BCUT2D eigenvalue weighted by molar-refractivity contribution is 5.96. The van der Waals surface area contributed by atoms with E-state index in [-0.39, 0.29) is 0 Å². The van der Waals surface area contributed by atoms with Crippen molar-refractivity contribution in [2.75, 3.05) is 0 Å². The molecule has 128 valence electrons. The maximum atomic E-state index is 4.92. The van der Waals surface area contributed by atoms with Gasteiger partial charge in [-0.15, -0.1) is 0 Å². The van der Waals surface area contributed by atoms with Crippen molar-refractivity contribution < 1.29 is 0 Å². The standard InChI is InChI=1S/C24H17N3/c1-16-15-22(21-13-5-9-18-10-6-14-25-23(18)21)27-24(26-16)20-12-4-8-17-7-2-3-11-19(17)20/h2-15H,1H3. The van der Waals surface area contributed by atoms with E-state index in [2.05, 4.69) is 65.6 Å². The van der Waals surface area contributed by atoms with Crippen LogP contribution < -0.4 is 0 Å². The van der Waals surface area contributed by atoms with E-state index in [1.165, 1.54) is 5.39 Å². The van der Waals surface area contributed by atoms with Crippen LogP contribution in [0.5, 0.6) is 0 Å². The second kappa shape index (κ2) is 6.29. The molecule has 3 nitrogen and oxygen atoms in total. The average molecular weight is 347 g/mol. The zero-order valence-corrected chi connectivity index (χ0v) is 14.9. The molecule has 0 saturated heterocycles. The number of hydrogen-bond donors (Lipinski definition) is 0. The van der Waals surface area contributed by atoms with Crippen LogP contribution >= 0.6 is 0 Å². The van der Waals surface area contributed by atoms with Crippen molar-refractivity contribution in [3.05, 3.63) is 90.8 Å². The third-order valence-electron chi connectivity index (χ3n) is 4.79. The molecule has 5 aromatic rings. The van der Waals surface area contributed by atoms with E-state index in [9.17, 15) is 0 Å². The molecule has 2 heterocycles. The molecule has 0 unspecified atom stereocenters. The SMILES string of the molecule is Cc1cc(-c2cccc3cccnc23)nc(-c2cccc3ccccc23)n1. The fourth-order valence-electron chi connectivity index (χ4n) is 3.56. The molecule has 3 heteroatoms. The van der Waals surface area contributed by atoms with Gasteiger partial charge >= 0.3 is 0 Å². The number of pyridine rings is 1. The predicted molar refractivity (Wildman–Crippen MR) is 110 cm³/mol. The maximum Gasteiger partial charge on any atom is 0.160 e. The number of aromatic nitrogens is 3. The van der Waals surface area contributed by atoms with Crippen LogP contribution in [0.15, 0.2) is 85.1 Å². The molecule has 0 radical (unpaired) electrons. The lowest BCUT2D eigenvalue weighted by Gasteiger charge is -2.10. The highest BCUT2D eigenvalue weighted by atomic mass is 14.9. The summed E-state index contributed by atoms with van der Waals surface area (Å²) in [6.45, 7) is 2.01. The van der Waals surface area contributed by atoms with Crippen molar-refractivity contribution >= 4 is 21.7 Å². The van der Waals surface area contributed by atoms with Crippen LogP contribution in [-0.4, -0.2) is 15.0 Å². The van der Waals surface area contributed by atoms with E-state index in [4.69, 9.17) is 9.97 Å². The quantitative estimate of drug-likeness (QED) is 0.404. The van der Waals surface area contributed by atoms with Crippen molar-refractivity contribution in [1.82, 2.24) is 15.0 Å². The van der Waals surface area contributed by atoms with E-state index in [0.717, 1.165) is 44.6 Å². The molecule has 0 amide bonds. The van der Waals surface area contributed by atoms with E-state index >= 15 is 0 Å². The Morgan fingerprint density at radius 3 is 2.33 bits per heavy atom. The van der Waals surface area contributed by atoms with Gasteiger partial charge < -0.3 is 0 Å². The Labute approximate surface area is 157 Å². The summed E-state index contributed by atoms with van der Waals surface area (Å²) in [5, 5.41) is 3.46. The zero-order chi connectivity index (χ0) is 18.2. The number of hydrogen-bond acceptors (Lipinski definition) is 3. The van der Waals surface area contributed by atoms with Gasteiger partial charge in [0.25, 0.3) is 0 Å². The van der Waals surface area contributed by atoms with Crippen LogP contribution in [0.2, 0.25) is 0 Å². The number of rotatable bonds is 2. The van der Waals surface area contributed by atoms with Gasteiger partial charge in [0.15, 0.2) is 5.82 Å². The molecule has 0 aliphatic rings. The molecule has 0 bridgehead atoms. The Balaban J connectivity index is 1.76. The smallest absolute Gasteiger partial charge is 0.160 e. The van der Waals surface area contributed by atoms with Gasteiger partial charge in [0.2, 0.25) is 0 Å². The van der Waals surface area contributed by atoms with E-state index in [0.29, 0.717) is 0 Å². The van der Waals surface area contributed by atoms with Crippen LogP contribution in [0.3, 0.4) is 0 Å². The normalized spacial score (nSPS) is 11.1. The number of aryl methyl sites for hydroxylation is 1. The van der Waals surface area contributed by atoms with E-state index in [1.54, 1.807) is 0 Å². The fourth-order valence-corrected chi connectivity index (χ4v) is 3.56. The second-order valence-electron chi connectivity index (χ2n) is 6.63. The first-order valence-electron chi connectivity index (χ1n) is 8.97. The van der Waals surface area contributed by atoms with Crippen molar-refractivity contribution in [3.63, 3.8) is 0 Å². The van der Waals surface area contributed by atoms with Crippen molar-refractivity contribution in [2.45, 2.75) is 6.92 Å². The van der Waals surface area contributed by atoms with Gasteiger partial charge in [-0.2, -0.15) is 0 Å². The van der Waals surface area contributed by atoms with Crippen LogP contribution in [0, 0.1) is 6.92 Å². The minimum atomic E-state index is 0.745. The molecular weight excluding hydrogens is 330 g/mol. The predicted octanol–water partition coefficient (Wildman–Crippen LogP) is 5.82. The van der Waals surface area contributed by atoms with Gasteiger partial charge in [-0.1, -0.05) is 66.7 Å². The lowest BCUT2D eigenvalue weighted by molar-refractivity contribution is 1.12. The Hall–Kier alpha value is -3.59. The monoisotopic (exact) mass is 347 g/mol. The van der Waals surface area contributed by atoms with E-state index in [1.807, 2.05) is 31.3 Å². The van der Waals surface area contributed by atoms with Gasteiger partial charge in [0.1, 0.15) is 0 Å². The summed E-state index contributed by atoms with van der Waals surface area (Å²) < 4.78 is 0. The van der Waals surface area contributed by atoms with Crippen molar-refractivity contribution in [3.8, 4) is 22.6 Å². The van der Waals surface area contributed by atoms with Crippen LogP contribution in [-0.2, 0) is 0 Å². The summed E-state index contributed by atoms with van der Waals surface area (Å²) in [6.07, 6.45) is 1.82. The molecule has 2 aromatic heterocycles. The Bertz CT molecular complexity index is 1180. The topological polar surface area (TPSA) is 38.7 Å². The van der Waals surface area contributed by atoms with Crippen LogP contribution in [0.25, 0.3) is 44.3 Å². The Morgan fingerprint density at radius 1 is 0.667 bits per heavy atom. The van der Waals surface area contributed by atoms with E-state index < -0.39 is 0 Å². The van der Waals surface area contributed by atoms with Gasteiger partial charge in [0.05, 0.1) is 11.2 Å². The maximum absolute atomic E-state index is 4.92. The fraction of sp³-hybridized carbons (Fsp3) is 0.0417. The van der Waals surface area contributed by atoms with Gasteiger partial charge in [-0.05, 0) is 29.8 Å². The summed E-state index contributed by atoms with van der Waals surface area (Å²) in [5.74, 6) is 0.745. The minimum absolute atomic E-state index is 0.745. The number of nitrogens with zero attached hydrogens (tertiary/aromatic N) is 3. The molecule has 27 heavy (non-hydrogen) atoms. The first kappa shape index (κ1) is 15.6. The first-order valence-corrected chi connectivity index (χ1v) is 8.97. The molecular formula is C24H17N3. The number of para-hydroxylation sites is 1. The van der Waals surface area contributed by atoms with Gasteiger partial charge in [0, 0.05) is 28.4 Å². The first-order chi connectivity index (χ1) is 13.3. The van der Waals surface area contributed by atoms with Crippen LogP contribution in [0.1, 0.15) is 5.69 Å². The molecule has 0 N–H and O–H groups in total. The third kappa shape index (κ3) is 2.74. The summed E-state index contributed by atoms with van der Waals surface area (Å²) in [4.78, 5) is 14.2. The second-order valence-corrected chi connectivity index (χ2v) is 6.63. The molecule has 0 aliphatic heterocycles. The highest BCUT2D eigenvalue weighted by Gasteiger charge is 2.12. The summed E-state index contributed by atoms with van der Waals surface area (Å²) in [5.41, 5.74) is 4.87. The van der Waals surface area contributed by atoms with Gasteiger partial charge in [-0.3, -0.25) is 4.98 Å². The molecule has 3 aromatic carbocycles. The van der Waals surface area contributed by atoms with Crippen molar-refractivity contribution in [2.24, 2.45) is 0 Å². The van der Waals surface area contributed by atoms with Crippen LogP contribution in [0.4, 0.5) is 0 Å². The van der Waals surface area contributed by atoms with Gasteiger partial charge in [-0.25, -0.2) is 9.97 Å². The molecule has 0 fully saturated rings. The lowest BCUT2D eigenvalue weighted by atomic mass is 10.0. The summed E-state index contributed by atoms with van der Waals surface area (Å²) in [6, 6.07) is 26.9. The lowest BCUT2D eigenvalue weighted by Crippen LogP contribution is -1.96. The number of benzene rings is 3. The number of fused-ring (bicyclic) bond motifs is 2. The largest absolute Gasteiger partial charge is 0.256 e. The molecule has 0 atom stereocenters. The minimum Gasteiger partial charge on any atom is -0.256 e. The molecule has 5 rings (SSSR count). The average Bonchev–Trinajstić information content (AvgIpc) is 2.72. The Morgan fingerprint density at radius 2 is 1.41 bits per heavy atom. The highest BCUT2D eigenvalue weighted by Crippen LogP contribution is 2.30.